The van der Waals surface area contributed by atoms with Gasteiger partial charge in [-0.2, -0.15) is 0 Å². The lowest BCUT2D eigenvalue weighted by Crippen LogP contribution is -2.33. The van der Waals surface area contributed by atoms with Crippen molar-refractivity contribution in [3.05, 3.63) is 71.1 Å². The van der Waals surface area contributed by atoms with Gasteiger partial charge in [0.1, 0.15) is 24.2 Å². The fourth-order valence-electron chi connectivity index (χ4n) is 2.84. The van der Waals surface area contributed by atoms with Gasteiger partial charge < -0.3 is 9.73 Å². The number of furan rings is 1. The second-order valence-electron chi connectivity index (χ2n) is 6.03. The van der Waals surface area contributed by atoms with Crippen LogP contribution in [0.25, 0.3) is 22.0 Å². The SMILES string of the molecule is CC(NC(=O)Cn1cnc2ncccc2c1=O)c1cc2ccccc2o1. The van der Waals surface area contributed by atoms with Crippen LogP contribution in [0, 0.1) is 0 Å². The lowest BCUT2D eigenvalue weighted by atomic mass is 10.2. The predicted molar refractivity (Wildman–Crippen MR) is 96.6 cm³/mol. The summed E-state index contributed by atoms with van der Waals surface area (Å²) in [5.41, 5.74) is 0.838. The summed E-state index contributed by atoms with van der Waals surface area (Å²) in [5.74, 6) is 0.359. The standard InChI is InChI=1S/C19H16N4O3/c1-12(16-9-13-5-2-3-7-15(13)26-16)22-17(24)10-23-11-21-18-14(19(23)25)6-4-8-20-18/h2-9,11-12H,10H2,1H3,(H,22,24). The number of hydrogen-bond donors (Lipinski definition) is 1. The zero-order valence-electron chi connectivity index (χ0n) is 14.0. The highest BCUT2D eigenvalue weighted by Gasteiger charge is 2.15. The summed E-state index contributed by atoms with van der Waals surface area (Å²) in [5, 5.41) is 4.21. The second kappa shape index (κ2) is 6.44. The Bertz CT molecular complexity index is 1130. The maximum absolute atomic E-state index is 12.4. The Morgan fingerprint density at radius 1 is 1.23 bits per heavy atom. The molecule has 1 unspecified atom stereocenters. The van der Waals surface area contributed by atoms with Crippen molar-refractivity contribution >= 4 is 27.9 Å². The molecule has 0 spiro atoms. The summed E-state index contributed by atoms with van der Waals surface area (Å²) in [6.45, 7) is 1.71. The highest BCUT2D eigenvalue weighted by Crippen LogP contribution is 2.23. The van der Waals surface area contributed by atoms with Gasteiger partial charge in [0.05, 0.1) is 11.4 Å². The average molecular weight is 348 g/mol. The third kappa shape index (κ3) is 2.95. The van der Waals surface area contributed by atoms with Gasteiger partial charge in [0.15, 0.2) is 5.65 Å². The molecule has 3 heterocycles. The van der Waals surface area contributed by atoms with Gasteiger partial charge in [-0.3, -0.25) is 14.2 Å². The maximum atomic E-state index is 12.4. The third-order valence-corrected chi connectivity index (χ3v) is 4.16. The fourth-order valence-corrected chi connectivity index (χ4v) is 2.84. The Balaban J connectivity index is 1.51. The molecule has 1 atom stereocenters. The smallest absolute Gasteiger partial charge is 0.263 e. The molecule has 0 saturated carbocycles. The monoisotopic (exact) mass is 348 g/mol. The molecule has 0 saturated heterocycles. The second-order valence-corrected chi connectivity index (χ2v) is 6.03. The molecule has 130 valence electrons. The van der Waals surface area contributed by atoms with E-state index in [1.165, 1.54) is 10.9 Å². The summed E-state index contributed by atoms with van der Waals surface area (Å²) in [6.07, 6.45) is 2.91. The molecule has 7 heteroatoms. The van der Waals surface area contributed by atoms with Crippen LogP contribution in [0.1, 0.15) is 18.7 Å². The minimum atomic E-state index is -0.319. The Morgan fingerprint density at radius 2 is 2.08 bits per heavy atom. The van der Waals surface area contributed by atoms with Crippen molar-refractivity contribution in [2.45, 2.75) is 19.5 Å². The van der Waals surface area contributed by atoms with Gasteiger partial charge in [-0.05, 0) is 31.2 Å². The van der Waals surface area contributed by atoms with Crippen molar-refractivity contribution in [2.24, 2.45) is 0 Å². The van der Waals surface area contributed by atoms with Crippen molar-refractivity contribution in [1.29, 1.82) is 0 Å². The molecular weight excluding hydrogens is 332 g/mol. The number of pyridine rings is 1. The van der Waals surface area contributed by atoms with Crippen molar-refractivity contribution in [2.75, 3.05) is 0 Å². The highest BCUT2D eigenvalue weighted by atomic mass is 16.3. The lowest BCUT2D eigenvalue weighted by molar-refractivity contribution is -0.122. The first-order valence-corrected chi connectivity index (χ1v) is 8.20. The Hall–Kier alpha value is -3.48. The van der Waals surface area contributed by atoms with Crippen LogP contribution in [-0.2, 0) is 11.3 Å². The molecule has 4 aromatic rings. The molecule has 0 aliphatic carbocycles. The number of benzene rings is 1. The first-order valence-electron chi connectivity index (χ1n) is 8.20. The summed E-state index contributed by atoms with van der Waals surface area (Å²) in [6, 6.07) is 12.5. The fraction of sp³-hybridized carbons (Fsp3) is 0.158. The summed E-state index contributed by atoms with van der Waals surface area (Å²) >= 11 is 0. The Morgan fingerprint density at radius 3 is 2.92 bits per heavy atom. The quantitative estimate of drug-likeness (QED) is 0.612. The largest absolute Gasteiger partial charge is 0.459 e. The van der Waals surface area contributed by atoms with Crippen molar-refractivity contribution < 1.29 is 9.21 Å². The molecule has 0 aliphatic rings. The molecule has 0 fully saturated rings. The molecule has 7 nitrogen and oxygen atoms in total. The molecule has 0 radical (unpaired) electrons. The van der Waals surface area contributed by atoms with E-state index >= 15 is 0 Å². The first kappa shape index (κ1) is 16.0. The number of fused-ring (bicyclic) bond motifs is 2. The number of hydrogen-bond acceptors (Lipinski definition) is 5. The van der Waals surface area contributed by atoms with Crippen LogP contribution in [0.3, 0.4) is 0 Å². The van der Waals surface area contributed by atoms with Crippen LogP contribution in [-0.4, -0.2) is 20.4 Å². The van der Waals surface area contributed by atoms with E-state index in [9.17, 15) is 9.59 Å². The highest BCUT2D eigenvalue weighted by molar-refractivity contribution is 5.79. The number of rotatable bonds is 4. The molecule has 1 N–H and O–H groups in total. The number of nitrogens with one attached hydrogen (secondary N) is 1. The number of aromatic nitrogens is 3. The van der Waals surface area contributed by atoms with E-state index in [1.807, 2.05) is 37.3 Å². The molecular formula is C19H16N4O3. The summed E-state index contributed by atoms with van der Waals surface area (Å²) in [4.78, 5) is 32.9. The number of carbonyl (C=O) groups excluding carboxylic acids is 1. The summed E-state index contributed by atoms with van der Waals surface area (Å²) < 4.78 is 7.03. The zero-order valence-corrected chi connectivity index (χ0v) is 14.0. The van der Waals surface area contributed by atoms with E-state index in [-0.39, 0.29) is 24.1 Å². The van der Waals surface area contributed by atoms with E-state index in [2.05, 4.69) is 15.3 Å². The average Bonchev–Trinajstić information content (AvgIpc) is 3.09. The molecule has 1 amide bonds. The van der Waals surface area contributed by atoms with Gasteiger partial charge in [0.2, 0.25) is 5.91 Å². The topological polar surface area (TPSA) is 90.0 Å². The van der Waals surface area contributed by atoms with Gasteiger partial charge in [-0.1, -0.05) is 18.2 Å². The van der Waals surface area contributed by atoms with Crippen LogP contribution in [0.5, 0.6) is 0 Å². The number of nitrogens with zero attached hydrogens (tertiary/aromatic N) is 3. The minimum Gasteiger partial charge on any atom is -0.459 e. The first-order chi connectivity index (χ1) is 12.6. The van der Waals surface area contributed by atoms with Gasteiger partial charge in [-0.25, -0.2) is 9.97 Å². The van der Waals surface area contributed by atoms with E-state index in [4.69, 9.17) is 4.42 Å². The number of amides is 1. The van der Waals surface area contributed by atoms with Crippen LogP contribution < -0.4 is 10.9 Å². The summed E-state index contributed by atoms with van der Waals surface area (Å²) in [7, 11) is 0. The van der Waals surface area contributed by atoms with Crippen molar-refractivity contribution in [1.82, 2.24) is 19.9 Å². The number of para-hydroxylation sites is 1. The van der Waals surface area contributed by atoms with Crippen LogP contribution >= 0.6 is 0 Å². The molecule has 4 rings (SSSR count). The molecule has 3 aromatic heterocycles. The zero-order chi connectivity index (χ0) is 18.1. The normalized spacial score (nSPS) is 12.3. The molecule has 26 heavy (non-hydrogen) atoms. The van der Waals surface area contributed by atoms with Crippen molar-refractivity contribution in [3.63, 3.8) is 0 Å². The van der Waals surface area contributed by atoms with Crippen LogP contribution in [0.4, 0.5) is 0 Å². The van der Waals surface area contributed by atoms with E-state index < -0.39 is 0 Å². The molecule has 0 bridgehead atoms. The van der Waals surface area contributed by atoms with Gasteiger partial charge in [0, 0.05) is 11.6 Å². The maximum Gasteiger partial charge on any atom is 0.263 e. The van der Waals surface area contributed by atoms with E-state index in [0.29, 0.717) is 16.8 Å². The van der Waals surface area contributed by atoms with E-state index in [1.54, 1.807) is 18.3 Å². The van der Waals surface area contributed by atoms with Crippen LogP contribution in [0.15, 0.2) is 64.2 Å². The number of carbonyl (C=O) groups is 1. The molecule has 1 aromatic carbocycles. The lowest BCUT2D eigenvalue weighted by Gasteiger charge is -2.12. The Labute approximate surface area is 148 Å². The minimum absolute atomic E-state index is 0.124. The third-order valence-electron chi connectivity index (χ3n) is 4.16. The Kier molecular flexibility index (Phi) is 3.96. The van der Waals surface area contributed by atoms with Crippen molar-refractivity contribution in [3.8, 4) is 0 Å². The molecule has 0 aliphatic heterocycles. The van der Waals surface area contributed by atoms with Crippen LogP contribution in [0.2, 0.25) is 0 Å². The van der Waals surface area contributed by atoms with Gasteiger partial charge in [-0.15, -0.1) is 0 Å². The van der Waals surface area contributed by atoms with E-state index in [0.717, 1.165) is 11.0 Å². The predicted octanol–water partition coefficient (Wildman–Crippen LogP) is 2.42. The van der Waals surface area contributed by atoms with Gasteiger partial charge >= 0.3 is 0 Å². The van der Waals surface area contributed by atoms with Gasteiger partial charge in [0.25, 0.3) is 5.56 Å².